The van der Waals surface area contributed by atoms with E-state index in [-0.39, 0.29) is 53.9 Å². The molecule has 2 fully saturated rings. The Hall–Kier alpha value is -2.93. The maximum absolute atomic E-state index is 13.3. The van der Waals surface area contributed by atoms with E-state index in [0.29, 0.717) is 44.4 Å². The summed E-state index contributed by atoms with van der Waals surface area (Å²) in [5.41, 5.74) is -2.66. The molecule has 1 aromatic carbocycles. The predicted octanol–water partition coefficient (Wildman–Crippen LogP) is 5.36. The number of epoxide rings is 1. The molecule has 40 heavy (non-hydrogen) atoms. The van der Waals surface area contributed by atoms with Gasteiger partial charge in [0.25, 0.3) is 0 Å². The molecule has 2 saturated heterocycles. The number of hydrogen-bond acceptors (Lipinski definition) is 6. The molecule has 2 aliphatic heterocycles. The largest absolute Gasteiger partial charge is 0.459 e. The summed E-state index contributed by atoms with van der Waals surface area (Å²) >= 11 is 0. The molecule has 3 aliphatic rings. The molecule has 5 rings (SSSR count). The van der Waals surface area contributed by atoms with Crippen molar-refractivity contribution in [2.24, 2.45) is 11.8 Å². The van der Waals surface area contributed by atoms with E-state index >= 15 is 0 Å². The molecule has 1 unspecified atom stereocenters. The first kappa shape index (κ1) is 28.6. The van der Waals surface area contributed by atoms with Crippen LogP contribution in [0.25, 0.3) is 11.3 Å². The summed E-state index contributed by atoms with van der Waals surface area (Å²) < 4.78 is 93.1. The van der Waals surface area contributed by atoms with Crippen LogP contribution < -0.4 is 0 Å². The van der Waals surface area contributed by atoms with Gasteiger partial charge >= 0.3 is 18.3 Å². The lowest BCUT2D eigenvalue weighted by atomic mass is 9.80. The summed E-state index contributed by atoms with van der Waals surface area (Å²) in [7, 11) is 3.79. The Bertz CT molecular complexity index is 1270. The highest BCUT2D eigenvalue weighted by Crippen LogP contribution is 2.50. The van der Waals surface area contributed by atoms with Crippen LogP contribution in [0.1, 0.15) is 43.7 Å². The van der Waals surface area contributed by atoms with E-state index in [0.717, 1.165) is 5.57 Å². The van der Waals surface area contributed by atoms with Gasteiger partial charge < -0.3 is 14.4 Å². The number of halogens is 6. The van der Waals surface area contributed by atoms with Gasteiger partial charge in [0, 0.05) is 18.0 Å². The van der Waals surface area contributed by atoms with Crippen molar-refractivity contribution in [2.45, 2.75) is 69.3 Å². The molecular formula is C27H30F6N4O3. The van der Waals surface area contributed by atoms with E-state index in [1.165, 1.54) is 10.9 Å². The van der Waals surface area contributed by atoms with E-state index in [9.17, 15) is 31.1 Å². The second-order valence-electron chi connectivity index (χ2n) is 11.3. The molecule has 0 N–H and O–H groups in total. The van der Waals surface area contributed by atoms with Crippen molar-refractivity contribution in [3.05, 3.63) is 47.2 Å². The fraction of sp³-hybridized carbons (Fsp3) is 0.593. The van der Waals surface area contributed by atoms with Crippen LogP contribution in [0.5, 0.6) is 0 Å². The Morgan fingerprint density at radius 2 is 1.77 bits per heavy atom. The van der Waals surface area contributed by atoms with Crippen LogP contribution in [0.3, 0.4) is 0 Å². The third-order valence-electron chi connectivity index (χ3n) is 7.95. The number of rotatable bonds is 5. The third-order valence-corrected chi connectivity index (χ3v) is 7.95. The highest BCUT2D eigenvalue weighted by Gasteiger charge is 2.62. The van der Waals surface area contributed by atoms with Crippen molar-refractivity contribution in [2.75, 3.05) is 20.6 Å². The smallest absolute Gasteiger partial charge is 0.416 e. The van der Waals surface area contributed by atoms with Gasteiger partial charge in [0.05, 0.1) is 35.4 Å². The number of allylic oxidation sites excluding steroid dienone is 2. The van der Waals surface area contributed by atoms with Crippen LogP contribution in [0.4, 0.5) is 26.3 Å². The predicted molar refractivity (Wildman–Crippen MR) is 131 cm³/mol. The van der Waals surface area contributed by atoms with Crippen LogP contribution in [0.2, 0.25) is 0 Å². The quantitative estimate of drug-likeness (QED) is 0.208. The molecule has 2 aromatic rings. The lowest BCUT2D eigenvalue weighted by Crippen LogP contribution is -2.34. The summed E-state index contributed by atoms with van der Waals surface area (Å²) in [5.74, 6) is -0.581. The van der Waals surface area contributed by atoms with Crippen LogP contribution in [-0.4, -0.2) is 64.3 Å². The number of carbonyl (C=O) groups excluding carboxylic acids is 1. The number of alkyl halides is 6. The van der Waals surface area contributed by atoms with Crippen molar-refractivity contribution >= 4 is 5.97 Å². The zero-order valence-corrected chi connectivity index (χ0v) is 22.2. The number of nitrogens with zero attached hydrogens (tertiary/aromatic N) is 4. The van der Waals surface area contributed by atoms with Crippen molar-refractivity contribution in [1.29, 1.82) is 0 Å². The second kappa shape index (κ2) is 10.2. The Labute approximate surface area is 227 Å². The fourth-order valence-electron chi connectivity index (χ4n) is 5.82. The molecule has 3 heterocycles. The lowest BCUT2D eigenvalue weighted by molar-refractivity contribution is -0.145. The van der Waals surface area contributed by atoms with Gasteiger partial charge in [0.1, 0.15) is 17.9 Å². The topological polar surface area (TPSA) is 72.8 Å². The van der Waals surface area contributed by atoms with E-state index in [1.54, 1.807) is 0 Å². The molecule has 0 spiro atoms. The van der Waals surface area contributed by atoms with Crippen LogP contribution in [-0.2, 0) is 33.2 Å². The molecule has 1 aromatic heterocycles. The van der Waals surface area contributed by atoms with E-state index in [2.05, 4.69) is 16.4 Å². The number of ether oxygens (including phenoxy) is 2. The summed E-state index contributed by atoms with van der Waals surface area (Å²) in [6, 6.07) is 1.37. The first-order chi connectivity index (χ1) is 18.6. The van der Waals surface area contributed by atoms with Gasteiger partial charge in [0.2, 0.25) is 0 Å². The minimum Gasteiger partial charge on any atom is -0.459 e. The van der Waals surface area contributed by atoms with Crippen molar-refractivity contribution in [1.82, 2.24) is 19.9 Å². The molecular weight excluding hydrogens is 542 g/mol. The van der Waals surface area contributed by atoms with Crippen molar-refractivity contribution in [3.63, 3.8) is 0 Å². The van der Waals surface area contributed by atoms with E-state index in [4.69, 9.17) is 9.47 Å². The third kappa shape index (κ3) is 5.90. The summed E-state index contributed by atoms with van der Waals surface area (Å²) in [6.07, 6.45) is -4.30. The van der Waals surface area contributed by atoms with E-state index < -0.39 is 29.1 Å². The molecule has 0 bridgehead atoms. The van der Waals surface area contributed by atoms with Gasteiger partial charge in [-0.25, -0.2) is 4.68 Å². The van der Waals surface area contributed by atoms with Crippen LogP contribution >= 0.6 is 0 Å². The van der Waals surface area contributed by atoms with Gasteiger partial charge in [-0.3, -0.25) is 4.79 Å². The Balaban J connectivity index is 1.38. The van der Waals surface area contributed by atoms with Gasteiger partial charge in [-0.15, -0.1) is 5.10 Å². The molecule has 218 valence electrons. The molecule has 13 heteroatoms. The fourth-order valence-corrected chi connectivity index (χ4v) is 5.82. The van der Waals surface area contributed by atoms with E-state index in [1.807, 2.05) is 25.9 Å². The maximum Gasteiger partial charge on any atom is 0.416 e. The average molecular weight is 573 g/mol. The zero-order valence-electron chi connectivity index (χ0n) is 22.2. The average Bonchev–Trinajstić information content (AvgIpc) is 3.15. The van der Waals surface area contributed by atoms with Crippen molar-refractivity contribution < 1.29 is 40.6 Å². The standard InChI is InChI=1S/C27H30F6N4O3/c1-25-8-4-5-15(6-7-19-20(13-36(2)3)24(38)39-22(19)23(25)40-25)12-37-14-21(34-35-37)16-9-17(26(28,29)30)11-18(10-16)27(31,32)33/h5,9-11,14,19-20,22-23H,4,6-8,12-13H2,1-3H3/b15-5+/t19-,20?,22-,23-,25+/m0/s1. The Morgan fingerprint density at radius 1 is 1.10 bits per heavy atom. The summed E-state index contributed by atoms with van der Waals surface area (Å²) in [5, 5.41) is 7.86. The normalized spacial score (nSPS) is 30.4. The lowest BCUT2D eigenvalue weighted by Gasteiger charge is -2.24. The molecule has 1 aliphatic carbocycles. The minimum absolute atomic E-state index is 0.0552. The number of fused-ring (bicyclic) bond motifs is 3. The number of hydrogen-bond donors (Lipinski definition) is 0. The molecule has 0 amide bonds. The van der Waals surface area contributed by atoms with Gasteiger partial charge in [-0.05, 0) is 64.9 Å². The Kier molecular flexibility index (Phi) is 7.26. The molecule has 0 radical (unpaired) electrons. The highest BCUT2D eigenvalue weighted by molar-refractivity contribution is 5.76. The monoisotopic (exact) mass is 572 g/mol. The highest BCUT2D eigenvalue weighted by atomic mass is 19.4. The molecule has 0 saturated carbocycles. The molecule has 5 atom stereocenters. The van der Waals surface area contributed by atoms with Gasteiger partial charge in [-0.1, -0.05) is 16.9 Å². The van der Waals surface area contributed by atoms with Crippen molar-refractivity contribution in [3.8, 4) is 11.3 Å². The van der Waals surface area contributed by atoms with Gasteiger partial charge in [0.15, 0.2) is 0 Å². The van der Waals surface area contributed by atoms with Gasteiger partial charge in [-0.2, -0.15) is 26.3 Å². The first-order valence-corrected chi connectivity index (χ1v) is 13.0. The first-order valence-electron chi connectivity index (χ1n) is 13.0. The zero-order chi connectivity index (χ0) is 29.0. The Morgan fingerprint density at radius 3 is 2.40 bits per heavy atom. The molecule has 7 nitrogen and oxygen atoms in total. The SMILES string of the molecule is CN(C)CC1C(=O)O[C@H]2[C@H]1CC/C(Cn1cc(-c3cc(C(F)(F)F)cc(C(F)(F)F)c3)nn1)=C\CC[C@@]1(C)O[C@@H]21. The summed E-state index contributed by atoms with van der Waals surface area (Å²) in [6.45, 7) is 2.81. The number of aromatic nitrogens is 3. The second-order valence-corrected chi connectivity index (χ2v) is 11.3. The number of carbonyl (C=O) groups is 1. The van der Waals surface area contributed by atoms with Crippen LogP contribution in [0.15, 0.2) is 36.0 Å². The minimum atomic E-state index is -4.96. The maximum atomic E-state index is 13.3. The number of benzene rings is 1. The van der Waals surface area contributed by atoms with Crippen LogP contribution in [0, 0.1) is 11.8 Å². The number of esters is 1. The summed E-state index contributed by atoms with van der Waals surface area (Å²) in [4.78, 5) is 14.7.